The maximum atomic E-state index is 12.0. The standard InChI is InChI=1S/C16H27N3OS/c1-14(2)9-10-18-16(17-3)19-11-12-21(20)13-15-7-5-4-6-8-15/h4-8,14H,9-13H2,1-3H3,(H2,17,18,19). The van der Waals surface area contributed by atoms with E-state index in [1.807, 2.05) is 30.3 Å². The number of nitrogens with one attached hydrogen (secondary N) is 2. The van der Waals surface area contributed by atoms with Gasteiger partial charge in [-0.25, -0.2) is 0 Å². The van der Waals surface area contributed by atoms with E-state index in [0.29, 0.717) is 24.0 Å². The largest absolute Gasteiger partial charge is 0.356 e. The molecule has 4 nitrogen and oxygen atoms in total. The molecule has 21 heavy (non-hydrogen) atoms. The van der Waals surface area contributed by atoms with Gasteiger partial charge in [-0.2, -0.15) is 0 Å². The Hall–Kier alpha value is -1.36. The average molecular weight is 309 g/mol. The second-order valence-electron chi connectivity index (χ2n) is 5.38. The SMILES string of the molecule is CN=C(NCCC(C)C)NCCS(=O)Cc1ccccc1. The van der Waals surface area contributed by atoms with Crippen molar-refractivity contribution in [2.45, 2.75) is 26.0 Å². The van der Waals surface area contributed by atoms with Crippen molar-refractivity contribution in [3.8, 4) is 0 Å². The third kappa shape index (κ3) is 8.50. The number of rotatable bonds is 8. The van der Waals surface area contributed by atoms with Crippen LogP contribution in [0.4, 0.5) is 0 Å². The molecule has 1 aromatic rings. The number of guanidine groups is 1. The highest BCUT2D eigenvalue weighted by molar-refractivity contribution is 7.84. The molecule has 1 rings (SSSR count). The Labute approximate surface area is 130 Å². The second-order valence-corrected chi connectivity index (χ2v) is 6.96. The van der Waals surface area contributed by atoms with Crippen LogP contribution in [0.2, 0.25) is 0 Å². The van der Waals surface area contributed by atoms with Gasteiger partial charge in [0.1, 0.15) is 0 Å². The lowest BCUT2D eigenvalue weighted by atomic mass is 10.1. The van der Waals surface area contributed by atoms with Crippen molar-refractivity contribution < 1.29 is 4.21 Å². The summed E-state index contributed by atoms with van der Waals surface area (Å²) in [5.41, 5.74) is 1.12. The first-order valence-corrected chi connectivity index (χ1v) is 8.94. The molecule has 0 fully saturated rings. The van der Waals surface area contributed by atoms with Crippen LogP contribution in [0.15, 0.2) is 35.3 Å². The van der Waals surface area contributed by atoms with Crippen molar-refractivity contribution in [3.05, 3.63) is 35.9 Å². The maximum absolute atomic E-state index is 12.0. The lowest BCUT2D eigenvalue weighted by Crippen LogP contribution is -2.39. The molecule has 1 unspecified atom stereocenters. The van der Waals surface area contributed by atoms with Crippen molar-refractivity contribution in [2.75, 3.05) is 25.9 Å². The minimum Gasteiger partial charge on any atom is -0.356 e. The Morgan fingerprint density at radius 1 is 1.19 bits per heavy atom. The number of benzene rings is 1. The molecule has 0 aliphatic rings. The summed E-state index contributed by atoms with van der Waals surface area (Å²) in [6.45, 7) is 5.97. The van der Waals surface area contributed by atoms with Gasteiger partial charge in [0, 0.05) is 42.4 Å². The van der Waals surface area contributed by atoms with Gasteiger partial charge in [-0.1, -0.05) is 44.2 Å². The number of hydrogen-bond donors (Lipinski definition) is 2. The van der Waals surface area contributed by atoms with Crippen molar-refractivity contribution >= 4 is 16.8 Å². The molecule has 0 aromatic heterocycles. The van der Waals surface area contributed by atoms with Gasteiger partial charge < -0.3 is 10.6 Å². The minimum absolute atomic E-state index is 0.613. The lowest BCUT2D eigenvalue weighted by Gasteiger charge is -2.12. The molecule has 1 atom stereocenters. The molecule has 0 bridgehead atoms. The van der Waals surface area contributed by atoms with Crippen LogP contribution in [0, 0.1) is 5.92 Å². The summed E-state index contributed by atoms with van der Waals surface area (Å²) in [5, 5.41) is 6.47. The first-order chi connectivity index (χ1) is 10.1. The molecular weight excluding hydrogens is 282 g/mol. The van der Waals surface area contributed by atoms with Crippen LogP contribution in [-0.4, -0.2) is 36.1 Å². The van der Waals surface area contributed by atoms with Crippen LogP contribution >= 0.6 is 0 Å². The van der Waals surface area contributed by atoms with E-state index in [0.717, 1.165) is 24.5 Å². The molecule has 118 valence electrons. The summed E-state index contributed by atoms with van der Waals surface area (Å²) < 4.78 is 12.0. The van der Waals surface area contributed by atoms with E-state index in [9.17, 15) is 4.21 Å². The van der Waals surface area contributed by atoms with E-state index in [1.54, 1.807) is 7.05 Å². The van der Waals surface area contributed by atoms with Crippen LogP contribution < -0.4 is 10.6 Å². The zero-order valence-corrected chi connectivity index (χ0v) is 14.1. The predicted molar refractivity (Wildman–Crippen MR) is 92.0 cm³/mol. The number of nitrogens with zero attached hydrogens (tertiary/aromatic N) is 1. The van der Waals surface area contributed by atoms with Crippen LogP contribution in [0.1, 0.15) is 25.8 Å². The molecule has 1 aromatic carbocycles. The van der Waals surface area contributed by atoms with Gasteiger partial charge >= 0.3 is 0 Å². The molecular formula is C16H27N3OS. The van der Waals surface area contributed by atoms with Gasteiger partial charge in [-0.3, -0.25) is 9.20 Å². The van der Waals surface area contributed by atoms with E-state index in [2.05, 4.69) is 29.5 Å². The Bertz CT molecular complexity index is 446. The molecule has 5 heteroatoms. The van der Waals surface area contributed by atoms with Gasteiger partial charge in [0.25, 0.3) is 0 Å². The quantitative estimate of drug-likeness (QED) is 0.571. The van der Waals surface area contributed by atoms with Gasteiger partial charge in [-0.15, -0.1) is 0 Å². The van der Waals surface area contributed by atoms with E-state index < -0.39 is 10.8 Å². The lowest BCUT2D eigenvalue weighted by molar-refractivity contribution is 0.574. The van der Waals surface area contributed by atoms with Crippen molar-refractivity contribution in [1.82, 2.24) is 10.6 Å². The van der Waals surface area contributed by atoms with Crippen molar-refractivity contribution in [2.24, 2.45) is 10.9 Å². The highest BCUT2D eigenvalue weighted by Gasteiger charge is 2.03. The Morgan fingerprint density at radius 3 is 2.48 bits per heavy atom. The zero-order valence-electron chi connectivity index (χ0n) is 13.3. The summed E-state index contributed by atoms with van der Waals surface area (Å²) in [6.07, 6.45) is 1.11. The van der Waals surface area contributed by atoms with Gasteiger partial charge in [-0.05, 0) is 17.9 Å². The Morgan fingerprint density at radius 2 is 1.86 bits per heavy atom. The van der Waals surface area contributed by atoms with E-state index in [1.165, 1.54) is 0 Å². The Balaban J connectivity index is 2.20. The Kier molecular flexibility index (Phi) is 8.74. The summed E-state index contributed by atoms with van der Waals surface area (Å²) in [7, 11) is 0.908. The van der Waals surface area contributed by atoms with Crippen molar-refractivity contribution in [3.63, 3.8) is 0 Å². The van der Waals surface area contributed by atoms with Crippen LogP contribution in [-0.2, 0) is 16.6 Å². The topological polar surface area (TPSA) is 53.5 Å². The molecule has 0 amide bonds. The van der Waals surface area contributed by atoms with Gasteiger partial charge in [0.2, 0.25) is 0 Å². The average Bonchev–Trinajstić information content (AvgIpc) is 2.46. The third-order valence-corrected chi connectivity index (χ3v) is 4.35. The van der Waals surface area contributed by atoms with Crippen LogP contribution in [0.5, 0.6) is 0 Å². The summed E-state index contributed by atoms with van der Waals surface area (Å²) in [4.78, 5) is 4.16. The predicted octanol–water partition coefficient (Wildman–Crippen LogP) is 2.15. The van der Waals surface area contributed by atoms with E-state index in [4.69, 9.17) is 0 Å². The molecule has 0 aliphatic carbocycles. The van der Waals surface area contributed by atoms with Crippen LogP contribution in [0.3, 0.4) is 0 Å². The summed E-state index contributed by atoms with van der Waals surface area (Å²) in [5.74, 6) is 2.70. The monoisotopic (exact) mass is 309 g/mol. The first kappa shape index (κ1) is 17.7. The summed E-state index contributed by atoms with van der Waals surface area (Å²) >= 11 is 0. The normalized spacial score (nSPS) is 13.2. The molecule has 0 saturated carbocycles. The highest BCUT2D eigenvalue weighted by atomic mass is 32.2. The smallest absolute Gasteiger partial charge is 0.191 e. The molecule has 0 heterocycles. The molecule has 0 radical (unpaired) electrons. The fraction of sp³-hybridized carbons (Fsp3) is 0.562. The summed E-state index contributed by atoms with van der Waals surface area (Å²) in [6, 6.07) is 9.95. The molecule has 0 saturated heterocycles. The second kappa shape index (κ2) is 10.4. The minimum atomic E-state index is -0.848. The van der Waals surface area contributed by atoms with E-state index in [-0.39, 0.29) is 0 Å². The van der Waals surface area contributed by atoms with Crippen LogP contribution in [0.25, 0.3) is 0 Å². The van der Waals surface area contributed by atoms with Gasteiger partial charge in [0.05, 0.1) is 0 Å². The van der Waals surface area contributed by atoms with Gasteiger partial charge in [0.15, 0.2) is 5.96 Å². The van der Waals surface area contributed by atoms with E-state index >= 15 is 0 Å². The molecule has 2 N–H and O–H groups in total. The fourth-order valence-electron chi connectivity index (χ4n) is 1.82. The maximum Gasteiger partial charge on any atom is 0.191 e. The zero-order chi connectivity index (χ0) is 15.5. The fourth-order valence-corrected chi connectivity index (χ4v) is 2.85. The highest BCUT2D eigenvalue weighted by Crippen LogP contribution is 2.02. The number of aliphatic imine (C=N–C) groups is 1. The number of hydrogen-bond acceptors (Lipinski definition) is 2. The molecule has 0 aliphatic heterocycles. The third-order valence-electron chi connectivity index (χ3n) is 3.03. The molecule has 0 spiro atoms. The van der Waals surface area contributed by atoms with Crippen molar-refractivity contribution in [1.29, 1.82) is 0 Å². The first-order valence-electron chi connectivity index (χ1n) is 7.45.